The number of benzene rings is 1. The zero-order valence-electron chi connectivity index (χ0n) is 9.74. The summed E-state index contributed by atoms with van der Waals surface area (Å²) in [6.07, 6.45) is 4.26. The van der Waals surface area contributed by atoms with E-state index in [9.17, 15) is 0 Å². The van der Waals surface area contributed by atoms with Gasteiger partial charge in [-0.05, 0) is 25.2 Å². The van der Waals surface area contributed by atoms with Crippen molar-refractivity contribution in [1.82, 2.24) is 4.90 Å². The highest BCUT2D eigenvalue weighted by molar-refractivity contribution is 6.30. The number of piperidine rings is 1. The summed E-state index contributed by atoms with van der Waals surface area (Å²) in [4.78, 5) is 2.25. The molecule has 3 rings (SSSR count). The normalized spacial score (nSPS) is 32.5. The Morgan fingerprint density at radius 3 is 3.24 bits per heavy atom. The molecule has 1 aromatic carbocycles. The smallest absolute Gasteiger partial charge is 0.164 e. The van der Waals surface area contributed by atoms with Crippen molar-refractivity contribution in [1.29, 1.82) is 0 Å². The molecule has 0 bridgehead atoms. The molecule has 2 heterocycles. The number of hydrogen-bond donors (Lipinski definition) is 1. The standard InChI is InChI=1S/C13H15ClN2O/c1-16-5-4-13(15)10(8-16)6-9-7-11(14)2-3-12(9)17-13/h2-3,7,10H,4-5,8,15H2,1H3. The van der Waals surface area contributed by atoms with Gasteiger partial charge in [-0.25, -0.2) is 0 Å². The van der Waals surface area contributed by atoms with Gasteiger partial charge in [0.2, 0.25) is 0 Å². The molecule has 90 valence electrons. The molecule has 2 aliphatic heterocycles. The molecule has 2 N–H and O–H groups in total. The Hall–Kier alpha value is -0.770. The number of nitrogens with two attached hydrogens (primary N) is 1. The summed E-state index contributed by atoms with van der Waals surface area (Å²) < 4.78 is 5.96. The molecule has 0 amide bonds. The van der Waals surface area contributed by atoms with E-state index >= 15 is 0 Å². The Bertz CT molecular complexity index is 451. The lowest BCUT2D eigenvalue weighted by atomic mass is 9.81. The summed E-state index contributed by atoms with van der Waals surface area (Å²) in [5, 5.41) is 0.702. The summed E-state index contributed by atoms with van der Waals surface area (Å²) >= 11 is 5.98. The van der Waals surface area contributed by atoms with Crippen LogP contribution in [-0.4, -0.2) is 30.8 Å². The summed E-state index contributed by atoms with van der Waals surface area (Å²) in [6.45, 7) is 1.83. The summed E-state index contributed by atoms with van der Waals surface area (Å²) in [7, 11) is 2.09. The second kappa shape index (κ2) is 3.87. The first kappa shape index (κ1) is 11.3. The van der Waals surface area contributed by atoms with Crippen LogP contribution in [0.2, 0.25) is 5.02 Å². The van der Waals surface area contributed by atoms with Crippen molar-refractivity contribution in [2.75, 3.05) is 20.1 Å². The van der Waals surface area contributed by atoms with Crippen molar-refractivity contribution >= 4 is 11.6 Å². The zero-order valence-corrected chi connectivity index (χ0v) is 10.5. The van der Waals surface area contributed by atoms with Gasteiger partial charge in [-0.3, -0.25) is 5.73 Å². The van der Waals surface area contributed by atoms with Crippen LogP contribution in [0.4, 0.5) is 0 Å². The third kappa shape index (κ3) is 1.92. The zero-order chi connectivity index (χ0) is 12.0. The Kier molecular flexibility index (Phi) is 2.58. The molecule has 0 aliphatic carbocycles. The molecule has 2 aliphatic rings. The van der Waals surface area contributed by atoms with E-state index < -0.39 is 5.72 Å². The van der Waals surface area contributed by atoms with Crippen LogP contribution in [-0.2, 0) is 0 Å². The van der Waals surface area contributed by atoms with Crippen LogP contribution in [0.25, 0.3) is 0 Å². The molecule has 0 aromatic heterocycles. The van der Waals surface area contributed by atoms with Crippen molar-refractivity contribution in [2.45, 2.75) is 12.1 Å². The number of hydrogen-bond acceptors (Lipinski definition) is 3. The molecule has 1 saturated heterocycles. The molecule has 1 fully saturated rings. The Morgan fingerprint density at radius 1 is 1.59 bits per heavy atom. The van der Waals surface area contributed by atoms with E-state index in [0.717, 1.165) is 30.8 Å². The molecular weight excluding hydrogens is 236 g/mol. The Labute approximate surface area is 106 Å². The van der Waals surface area contributed by atoms with Gasteiger partial charge in [0.15, 0.2) is 5.72 Å². The summed E-state index contributed by atoms with van der Waals surface area (Å²) in [5.41, 5.74) is 6.66. The van der Waals surface area contributed by atoms with E-state index in [1.807, 2.05) is 18.2 Å². The van der Waals surface area contributed by atoms with Crippen LogP contribution < -0.4 is 10.5 Å². The lowest BCUT2D eigenvalue weighted by Gasteiger charge is -2.47. The van der Waals surface area contributed by atoms with Crippen molar-refractivity contribution < 1.29 is 4.74 Å². The molecule has 2 atom stereocenters. The van der Waals surface area contributed by atoms with Crippen LogP contribution in [0.3, 0.4) is 0 Å². The molecule has 17 heavy (non-hydrogen) atoms. The number of nitrogens with zero attached hydrogens (tertiary/aromatic N) is 1. The first-order chi connectivity index (χ1) is 8.07. The summed E-state index contributed by atoms with van der Waals surface area (Å²) in [6, 6.07) is 5.57. The average molecular weight is 251 g/mol. The second-order valence-electron chi connectivity index (χ2n) is 4.91. The third-order valence-electron chi connectivity index (χ3n) is 3.54. The number of fused-ring (bicyclic) bond motifs is 2. The highest BCUT2D eigenvalue weighted by Crippen LogP contribution is 2.40. The fourth-order valence-corrected chi connectivity index (χ4v) is 2.66. The highest BCUT2D eigenvalue weighted by atomic mass is 35.5. The number of likely N-dealkylation sites (tertiary alicyclic amines) is 1. The fourth-order valence-electron chi connectivity index (χ4n) is 2.48. The molecule has 4 heteroatoms. The summed E-state index contributed by atoms with van der Waals surface area (Å²) in [5.74, 6) is 0.893. The number of ether oxygens (including phenoxy) is 1. The van der Waals surface area contributed by atoms with E-state index in [1.54, 1.807) is 0 Å². The van der Waals surface area contributed by atoms with Crippen LogP contribution in [0, 0.1) is 12.3 Å². The van der Waals surface area contributed by atoms with Crippen molar-refractivity contribution in [3.05, 3.63) is 35.2 Å². The predicted molar refractivity (Wildman–Crippen MR) is 66.9 cm³/mol. The minimum absolute atomic E-state index is 0.104. The van der Waals surface area contributed by atoms with Crippen LogP contribution in [0.5, 0.6) is 5.75 Å². The highest BCUT2D eigenvalue weighted by Gasteiger charge is 2.45. The maximum Gasteiger partial charge on any atom is 0.164 e. The molecule has 2 radical (unpaired) electrons. The first-order valence-electron chi connectivity index (χ1n) is 5.79. The van der Waals surface area contributed by atoms with E-state index in [2.05, 4.69) is 18.4 Å². The van der Waals surface area contributed by atoms with Gasteiger partial charge in [-0.2, -0.15) is 0 Å². The van der Waals surface area contributed by atoms with E-state index in [1.165, 1.54) is 0 Å². The van der Waals surface area contributed by atoms with Gasteiger partial charge in [0, 0.05) is 42.4 Å². The quantitative estimate of drug-likeness (QED) is 0.763. The van der Waals surface area contributed by atoms with Crippen molar-refractivity contribution in [3.8, 4) is 5.75 Å². The van der Waals surface area contributed by atoms with E-state index in [4.69, 9.17) is 22.1 Å². The minimum atomic E-state index is -0.604. The Morgan fingerprint density at radius 2 is 2.41 bits per heavy atom. The Balaban J connectivity index is 1.95. The van der Waals surface area contributed by atoms with Crippen LogP contribution in [0.1, 0.15) is 12.0 Å². The van der Waals surface area contributed by atoms with E-state index in [-0.39, 0.29) is 5.92 Å². The lowest BCUT2D eigenvalue weighted by Crippen LogP contribution is -2.61. The maximum absolute atomic E-state index is 6.34. The number of rotatable bonds is 0. The second-order valence-corrected chi connectivity index (χ2v) is 5.34. The number of halogens is 1. The largest absolute Gasteiger partial charge is 0.472 e. The molecule has 0 spiro atoms. The van der Waals surface area contributed by atoms with E-state index in [0.29, 0.717) is 5.02 Å². The van der Waals surface area contributed by atoms with Crippen molar-refractivity contribution in [2.24, 2.45) is 11.7 Å². The predicted octanol–water partition coefficient (Wildman–Crippen LogP) is 1.77. The lowest BCUT2D eigenvalue weighted by molar-refractivity contribution is -0.0356. The topological polar surface area (TPSA) is 38.5 Å². The molecule has 1 aromatic rings. The first-order valence-corrected chi connectivity index (χ1v) is 6.17. The van der Waals surface area contributed by atoms with Gasteiger partial charge in [-0.15, -0.1) is 0 Å². The molecule has 2 unspecified atom stereocenters. The molecular formula is C13H15ClN2O. The van der Waals surface area contributed by atoms with Gasteiger partial charge < -0.3 is 9.64 Å². The fraction of sp³-hybridized carbons (Fsp3) is 0.462. The monoisotopic (exact) mass is 250 g/mol. The maximum atomic E-state index is 6.34. The third-order valence-corrected chi connectivity index (χ3v) is 3.77. The SMILES string of the molecule is CN1CCC2(N)Oc3ccc(Cl)cc3[C]C2C1. The van der Waals surface area contributed by atoms with Crippen LogP contribution in [0.15, 0.2) is 18.2 Å². The molecule has 0 saturated carbocycles. The average Bonchev–Trinajstić information content (AvgIpc) is 2.28. The van der Waals surface area contributed by atoms with Gasteiger partial charge in [0.1, 0.15) is 5.75 Å². The minimum Gasteiger partial charge on any atom is -0.472 e. The van der Waals surface area contributed by atoms with Crippen LogP contribution >= 0.6 is 11.6 Å². The molecule has 3 nitrogen and oxygen atoms in total. The van der Waals surface area contributed by atoms with Gasteiger partial charge >= 0.3 is 0 Å². The van der Waals surface area contributed by atoms with Gasteiger partial charge in [0.25, 0.3) is 0 Å². The van der Waals surface area contributed by atoms with Gasteiger partial charge in [0.05, 0.1) is 0 Å². The van der Waals surface area contributed by atoms with Crippen molar-refractivity contribution in [3.63, 3.8) is 0 Å². The van der Waals surface area contributed by atoms with Gasteiger partial charge in [-0.1, -0.05) is 11.6 Å².